The minimum atomic E-state index is -0.343. The summed E-state index contributed by atoms with van der Waals surface area (Å²) in [6.07, 6.45) is 2.55. The summed E-state index contributed by atoms with van der Waals surface area (Å²) in [5.74, 6) is 0.689. The summed E-state index contributed by atoms with van der Waals surface area (Å²) in [6.45, 7) is 11.0. The van der Waals surface area contributed by atoms with Crippen LogP contribution in [0.25, 0.3) is 0 Å². The van der Waals surface area contributed by atoms with Gasteiger partial charge in [-0.05, 0) is 18.3 Å². The van der Waals surface area contributed by atoms with Crippen molar-refractivity contribution >= 4 is 11.8 Å². The third-order valence-corrected chi connectivity index (χ3v) is 3.86. The number of nitrogens with zero attached hydrogens (tertiary/aromatic N) is 1. The molecule has 1 aliphatic rings. The molecule has 4 nitrogen and oxygen atoms in total. The number of hydrogen-bond acceptors (Lipinski definition) is 2. The molecule has 19 heavy (non-hydrogen) atoms. The van der Waals surface area contributed by atoms with E-state index in [9.17, 15) is 9.59 Å². The SMILES string of the molecule is CCCC1C(=O)NC(C(C)CC)C(=O)N1CC(C)C. The minimum absolute atomic E-state index is 0.0207. The summed E-state index contributed by atoms with van der Waals surface area (Å²) < 4.78 is 0. The fourth-order valence-corrected chi connectivity index (χ4v) is 2.58. The summed E-state index contributed by atoms with van der Waals surface area (Å²) in [5, 5.41) is 2.92. The molecule has 1 aliphatic heterocycles. The normalized spacial score (nSPS) is 25.7. The number of carbonyl (C=O) groups is 2. The summed E-state index contributed by atoms with van der Waals surface area (Å²) in [6, 6.07) is -0.621. The zero-order chi connectivity index (χ0) is 14.6. The molecule has 1 rings (SSSR count). The molecule has 4 heteroatoms. The highest BCUT2D eigenvalue weighted by Gasteiger charge is 2.41. The Balaban J connectivity index is 2.94. The highest BCUT2D eigenvalue weighted by Crippen LogP contribution is 2.21. The van der Waals surface area contributed by atoms with Crippen molar-refractivity contribution in [3.05, 3.63) is 0 Å². The maximum absolute atomic E-state index is 12.6. The van der Waals surface area contributed by atoms with E-state index in [1.807, 2.05) is 18.7 Å². The smallest absolute Gasteiger partial charge is 0.246 e. The van der Waals surface area contributed by atoms with E-state index in [2.05, 4.69) is 26.1 Å². The number of nitrogens with one attached hydrogen (secondary N) is 1. The van der Waals surface area contributed by atoms with Crippen molar-refractivity contribution in [2.24, 2.45) is 11.8 Å². The molecule has 0 bridgehead atoms. The van der Waals surface area contributed by atoms with Crippen LogP contribution in [0.4, 0.5) is 0 Å². The van der Waals surface area contributed by atoms with Gasteiger partial charge in [0, 0.05) is 6.54 Å². The lowest BCUT2D eigenvalue weighted by Gasteiger charge is -2.41. The third-order valence-electron chi connectivity index (χ3n) is 3.86. The molecular formula is C15H28N2O2. The number of rotatable bonds is 6. The Morgan fingerprint density at radius 2 is 1.84 bits per heavy atom. The Morgan fingerprint density at radius 3 is 2.32 bits per heavy atom. The Bertz CT molecular complexity index is 328. The maximum atomic E-state index is 12.6. The molecule has 1 saturated heterocycles. The first kappa shape index (κ1) is 16.0. The molecule has 0 aliphatic carbocycles. The van der Waals surface area contributed by atoms with E-state index in [0.29, 0.717) is 12.5 Å². The second-order valence-corrected chi connectivity index (χ2v) is 6.06. The van der Waals surface area contributed by atoms with Crippen LogP contribution >= 0.6 is 0 Å². The van der Waals surface area contributed by atoms with Gasteiger partial charge in [-0.3, -0.25) is 9.59 Å². The molecule has 0 saturated carbocycles. The molecule has 110 valence electrons. The van der Waals surface area contributed by atoms with Crippen molar-refractivity contribution < 1.29 is 9.59 Å². The standard InChI is InChI=1S/C15H28N2O2/c1-6-8-12-14(18)16-13(11(5)7-2)15(19)17(12)9-10(3)4/h10-13H,6-9H2,1-5H3,(H,16,18). The van der Waals surface area contributed by atoms with Gasteiger partial charge in [-0.2, -0.15) is 0 Å². The van der Waals surface area contributed by atoms with Crippen LogP contribution in [0.3, 0.4) is 0 Å². The van der Waals surface area contributed by atoms with E-state index >= 15 is 0 Å². The van der Waals surface area contributed by atoms with E-state index < -0.39 is 0 Å². The predicted octanol–water partition coefficient (Wildman–Crippen LogP) is 2.18. The number of hydrogen-bond donors (Lipinski definition) is 1. The average molecular weight is 268 g/mol. The van der Waals surface area contributed by atoms with E-state index in [1.165, 1.54) is 0 Å². The van der Waals surface area contributed by atoms with Gasteiger partial charge in [0.05, 0.1) is 0 Å². The van der Waals surface area contributed by atoms with Crippen LogP contribution in [0, 0.1) is 11.8 Å². The molecule has 0 radical (unpaired) electrons. The Kier molecular flexibility index (Phi) is 5.83. The van der Waals surface area contributed by atoms with Gasteiger partial charge in [-0.1, -0.05) is 47.5 Å². The largest absolute Gasteiger partial charge is 0.342 e. The molecule has 3 atom stereocenters. The highest BCUT2D eigenvalue weighted by molar-refractivity contribution is 5.97. The predicted molar refractivity (Wildman–Crippen MR) is 76.6 cm³/mol. The Morgan fingerprint density at radius 1 is 1.21 bits per heavy atom. The first-order valence-electron chi connectivity index (χ1n) is 7.53. The van der Waals surface area contributed by atoms with E-state index in [1.54, 1.807) is 0 Å². The first-order valence-corrected chi connectivity index (χ1v) is 7.53. The molecule has 0 aromatic carbocycles. The summed E-state index contributed by atoms with van der Waals surface area (Å²) in [4.78, 5) is 26.7. The van der Waals surface area contributed by atoms with Crippen LogP contribution < -0.4 is 5.32 Å². The molecule has 1 heterocycles. The molecule has 0 aromatic heterocycles. The molecule has 0 aromatic rings. The van der Waals surface area contributed by atoms with E-state index in [-0.39, 0.29) is 29.8 Å². The Hall–Kier alpha value is -1.06. The van der Waals surface area contributed by atoms with Gasteiger partial charge < -0.3 is 10.2 Å². The van der Waals surface area contributed by atoms with Crippen LogP contribution in [0.2, 0.25) is 0 Å². The van der Waals surface area contributed by atoms with E-state index in [4.69, 9.17) is 0 Å². The average Bonchev–Trinajstić information content (AvgIpc) is 2.36. The minimum Gasteiger partial charge on any atom is -0.342 e. The van der Waals surface area contributed by atoms with Gasteiger partial charge in [0.1, 0.15) is 12.1 Å². The van der Waals surface area contributed by atoms with Gasteiger partial charge in [0.2, 0.25) is 11.8 Å². The topological polar surface area (TPSA) is 49.4 Å². The van der Waals surface area contributed by atoms with Crippen molar-refractivity contribution in [2.45, 2.75) is 66.0 Å². The first-order chi connectivity index (χ1) is 8.92. The van der Waals surface area contributed by atoms with Crippen LogP contribution in [-0.2, 0) is 9.59 Å². The lowest BCUT2D eigenvalue weighted by molar-refractivity contribution is -0.151. The van der Waals surface area contributed by atoms with Crippen LogP contribution in [0.15, 0.2) is 0 Å². The summed E-state index contributed by atoms with van der Waals surface area (Å²) in [7, 11) is 0. The monoisotopic (exact) mass is 268 g/mol. The Labute approximate surface area is 116 Å². The fraction of sp³-hybridized carbons (Fsp3) is 0.867. The molecule has 0 spiro atoms. The van der Waals surface area contributed by atoms with Crippen LogP contribution in [0.1, 0.15) is 53.9 Å². The third kappa shape index (κ3) is 3.71. The van der Waals surface area contributed by atoms with Crippen LogP contribution in [0.5, 0.6) is 0 Å². The van der Waals surface area contributed by atoms with Crippen molar-refractivity contribution in [3.8, 4) is 0 Å². The molecule has 1 fully saturated rings. The fourth-order valence-electron chi connectivity index (χ4n) is 2.58. The van der Waals surface area contributed by atoms with Crippen molar-refractivity contribution in [3.63, 3.8) is 0 Å². The van der Waals surface area contributed by atoms with Gasteiger partial charge in [0.15, 0.2) is 0 Å². The quantitative estimate of drug-likeness (QED) is 0.802. The van der Waals surface area contributed by atoms with Gasteiger partial charge >= 0.3 is 0 Å². The highest BCUT2D eigenvalue weighted by atomic mass is 16.2. The van der Waals surface area contributed by atoms with Gasteiger partial charge in [0.25, 0.3) is 0 Å². The number of carbonyl (C=O) groups excluding carboxylic acids is 2. The summed E-state index contributed by atoms with van der Waals surface area (Å²) >= 11 is 0. The summed E-state index contributed by atoms with van der Waals surface area (Å²) in [5.41, 5.74) is 0. The lowest BCUT2D eigenvalue weighted by Crippen LogP contribution is -2.65. The van der Waals surface area contributed by atoms with Gasteiger partial charge in [-0.15, -0.1) is 0 Å². The molecule has 2 amide bonds. The lowest BCUT2D eigenvalue weighted by atomic mass is 9.92. The van der Waals surface area contributed by atoms with Gasteiger partial charge in [-0.25, -0.2) is 0 Å². The second kappa shape index (κ2) is 6.92. The molecular weight excluding hydrogens is 240 g/mol. The van der Waals surface area contributed by atoms with Crippen molar-refractivity contribution in [1.29, 1.82) is 0 Å². The second-order valence-electron chi connectivity index (χ2n) is 6.06. The molecule has 3 unspecified atom stereocenters. The van der Waals surface area contributed by atoms with Crippen LogP contribution in [-0.4, -0.2) is 35.3 Å². The molecule has 1 N–H and O–H groups in total. The number of piperazine rings is 1. The van der Waals surface area contributed by atoms with Crippen molar-refractivity contribution in [1.82, 2.24) is 10.2 Å². The van der Waals surface area contributed by atoms with E-state index in [0.717, 1.165) is 19.3 Å². The number of amides is 2. The zero-order valence-corrected chi connectivity index (χ0v) is 12.9. The zero-order valence-electron chi connectivity index (χ0n) is 12.9. The maximum Gasteiger partial charge on any atom is 0.246 e. The van der Waals surface area contributed by atoms with Crippen molar-refractivity contribution in [2.75, 3.05) is 6.54 Å².